The van der Waals surface area contributed by atoms with Crippen LogP contribution in [0.4, 0.5) is 5.69 Å². The molecule has 28 heavy (non-hydrogen) atoms. The van der Waals surface area contributed by atoms with Gasteiger partial charge in [-0.1, -0.05) is 30.2 Å². The molecule has 0 saturated carbocycles. The summed E-state index contributed by atoms with van der Waals surface area (Å²) in [7, 11) is -2.30. The molecule has 1 atom stereocenters. The Morgan fingerprint density at radius 3 is 2.68 bits per heavy atom. The normalized spacial score (nSPS) is 15.5. The quantitative estimate of drug-likeness (QED) is 0.605. The molecule has 8 heteroatoms. The molecular weight excluding hydrogens is 400 g/mol. The fraction of sp³-hybridized carbons (Fsp3) is 0.550. The number of carbonyl (C=O) groups is 1. The largest absolute Gasteiger partial charge is 0.495 e. The van der Waals surface area contributed by atoms with Crippen LogP contribution >= 0.6 is 11.6 Å². The van der Waals surface area contributed by atoms with Crippen LogP contribution in [0.25, 0.3) is 0 Å². The monoisotopic (exact) mass is 428 g/mol. The van der Waals surface area contributed by atoms with Crippen LogP contribution < -0.4 is 14.4 Å². The molecule has 1 N–H and O–H groups in total. The van der Waals surface area contributed by atoms with Crippen molar-refractivity contribution >= 4 is 33.2 Å². The van der Waals surface area contributed by atoms with Crippen LogP contribution in [0.15, 0.2) is 29.8 Å². The summed E-state index contributed by atoms with van der Waals surface area (Å²) in [4.78, 5) is 12.9. The van der Waals surface area contributed by atoms with Gasteiger partial charge >= 0.3 is 0 Å². The molecule has 2 rings (SSSR count). The number of benzene rings is 1. The lowest BCUT2D eigenvalue weighted by Gasteiger charge is -2.31. The molecule has 0 aromatic heterocycles. The Kier molecular flexibility index (Phi) is 8.19. The van der Waals surface area contributed by atoms with Gasteiger partial charge in [-0.3, -0.25) is 9.10 Å². The molecule has 1 aromatic carbocycles. The second-order valence-electron chi connectivity index (χ2n) is 6.95. The van der Waals surface area contributed by atoms with Crippen LogP contribution in [0.3, 0.4) is 0 Å². The number of hydrogen-bond acceptors (Lipinski definition) is 4. The van der Waals surface area contributed by atoms with E-state index >= 15 is 0 Å². The number of allylic oxidation sites excluding steroid dienone is 1. The number of nitrogens with zero attached hydrogens (tertiary/aromatic N) is 1. The molecule has 156 valence electrons. The molecule has 0 spiro atoms. The molecule has 1 aliphatic rings. The Morgan fingerprint density at radius 1 is 1.36 bits per heavy atom. The number of halogens is 1. The van der Waals surface area contributed by atoms with Crippen molar-refractivity contribution in [1.82, 2.24) is 5.32 Å². The SMILES string of the molecule is CCC(C(=O)NCCC1=CCCCC1)N(c1cc(Cl)ccc1OC)S(C)(=O)=O. The minimum absolute atomic E-state index is 0.259. The van der Waals surface area contributed by atoms with Crippen molar-refractivity contribution in [3.63, 3.8) is 0 Å². The van der Waals surface area contributed by atoms with Gasteiger partial charge in [0.05, 0.1) is 19.1 Å². The van der Waals surface area contributed by atoms with E-state index in [4.69, 9.17) is 16.3 Å². The van der Waals surface area contributed by atoms with Gasteiger partial charge in [-0.2, -0.15) is 0 Å². The van der Waals surface area contributed by atoms with Crippen molar-refractivity contribution in [2.45, 2.75) is 51.5 Å². The summed E-state index contributed by atoms with van der Waals surface area (Å²) < 4.78 is 31.6. The molecule has 0 saturated heterocycles. The molecule has 1 amide bonds. The van der Waals surface area contributed by atoms with E-state index in [9.17, 15) is 13.2 Å². The van der Waals surface area contributed by atoms with E-state index in [1.165, 1.54) is 31.6 Å². The number of hydrogen-bond donors (Lipinski definition) is 1. The van der Waals surface area contributed by atoms with Crippen LogP contribution in [-0.4, -0.2) is 40.3 Å². The molecule has 1 aliphatic carbocycles. The zero-order valence-electron chi connectivity index (χ0n) is 16.7. The highest BCUT2D eigenvalue weighted by molar-refractivity contribution is 7.92. The van der Waals surface area contributed by atoms with Gasteiger partial charge in [0.15, 0.2) is 0 Å². The van der Waals surface area contributed by atoms with Gasteiger partial charge in [0.1, 0.15) is 11.8 Å². The number of nitrogens with one attached hydrogen (secondary N) is 1. The lowest BCUT2D eigenvalue weighted by Crippen LogP contribution is -2.49. The molecule has 0 heterocycles. The number of sulfonamides is 1. The second kappa shape index (κ2) is 10.2. The van der Waals surface area contributed by atoms with Gasteiger partial charge in [0.25, 0.3) is 0 Å². The highest BCUT2D eigenvalue weighted by atomic mass is 35.5. The van der Waals surface area contributed by atoms with E-state index in [0.29, 0.717) is 23.7 Å². The first-order valence-corrected chi connectivity index (χ1v) is 11.8. The first kappa shape index (κ1) is 22.6. The van der Waals surface area contributed by atoms with Crippen LogP contribution in [0, 0.1) is 0 Å². The highest BCUT2D eigenvalue weighted by Gasteiger charge is 2.33. The van der Waals surface area contributed by atoms with Gasteiger partial charge < -0.3 is 10.1 Å². The minimum atomic E-state index is -3.75. The van der Waals surface area contributed by atoms with Crippen molar-refractivity contribution < 1.29 is 17.9 Å². The molecule has 1 aromatic rings. The van der Waals surface area contributed by atoms with Crippen molar-refractivity contribution in [3.8, 4) is 5.75 Å². The Balaban J connectivity index is 2.22. The van der Waals surface area contributed by atoms with Gasteiger partial charge in [-0.05, 0) is 56.7 Å². The highest BCUT2D eigenvalue weighted by Crippen LogP contribution is 2.34. The number of amides is 1. The number of carbonyl (C=O) groups excluding carboxylic acids is 1. The fourth-order valence-corrected chi connectivity index (χ4v) is 4.84. The Labute approximate surface area is 172 Å². The smallest absolute Gasteiger partial charge is 0.243 e. The zero-order chi connectivity index (χ0) is 20.7. The maximum absolute atomic E-state index is 12.9. The lowest BCUT2D eigenvalue weighted by molar-refractivity contribution is -0.122. The van der Waals surface area contributed by atoms with Gasteiger partial charge in [0, 0.05) is 11.6 Å². The van der Waals surface area contributed by atoms with Gasteiger partial charge in [0.2, 0.25) is 15.9 Å². The van der Waals surface area contributed by atoms with Gasteiger partial charge in [-0.15, -0.1) is 0 Å². The predicted molar refractivity (Wildman–Crippen MR) is 114 cm³/mol. The average Bonchev–Trinajstić information content (AvgIpc) is 2.65. The molecule has 1 unspecified atom stereocenters. The Hall–Kier alpha value is -1.73. The van der Waals surface area contributed by atoms with Crippen LogP contribution in [0.1, 0.15) is 45.4 Å². The molecule has 0 radical (unpaired) electrons. The summed E-state index contributed by atoms with van der Waals surface area (Å²) in [6.45, 7) is 2.27. The van der Waals surface area contributed by atoms with Crippen molar-refractivity contribution in [2.75, 3.05) is 24.2 Å². The molecule has 0 fully saturated rings. The van der Waals surface area contributed by atoms with Crippen LogP contribution in [-0.2, 0) is 14.8 Å². The first-order chi connectivity index (χ1) is 13.3. The first-order valence-electron chi connectivity index (χ1n) is 9.56. The summed E-state index contributed by atoms with van der Waals surface area (Å²) in [5.41, 5.74) is 1.62. The van der Waals surface area contributed by atoms with E-state index in [0.717, 1.165) is 29.8 Å². The van der Waals surface area contributed by atoms with E-state index in [1.54, 1.807) is 19.1 Å². The molecule has 6 nitrogen and oxygen atoms in total. The van der Waals surface area contributed by atoms with Crippen LogP contribution in [0.2, 0.25) is 5.02 Å². The number of rotatable bonds is 9. The second-order valence-corrected chi connectivity index (χ2v) is 9.24. The van der Waals surface area contributed by atoms with E-state index in [1.807, 2.05) is 0 Å². The average molecular weight is 429 g/mol. The Bertz CT molecular complexity index is 823. The zero-order valence-corrected chi connectivity index (χ0v) is 18.3. The Morgan fingerprint density at radius 2 is 2.11 bits per heavy atom. The summed E-state index contributed by atoms with van der Waals surface area (Å²) in [5.74, 6) is 0.0137. The van der Waals surface area contributed by atoms with E-state index in [-0.39, 0.29) is 11.6 Å². The lowest BCUT2D eigenvalue weighted by atomic mass is 9.97. The fourth-order valence-electron chi connectivity index (χ4n) is 3.47. The minimum Gasteiger partial charge on any atom is -0.495 e. The van der Waals surface area contributed by atoms with Crippen LogP contribution in [0.5, 0.6) is 5.75 Å². The van der Waals surface area contributed by atoms with Gasteiger partial charge in [-0.25, -0.2) is 8.42 Å². The number of ether oxygens (including phenoxy) is 1. The van der Waals surface area contributed by atoms with Crippen molar-refractivity contribution in [2.24, 2.45) is 0 Å². The van der Waals surface area contributed by atoms with Crippen molar-refractivity contribution in [1.29, 1.82) is 0 Å². The maximum Gasteiger partial charge on any atom is 0.243 e. The third kappa shape index (κ3) is 5.88. The van der Waals surface area contributed by atoms with E-state index in [2.05, 4.69) is 11.4 Å². The third-order valence-corrected chi connectivity index (χ3v) is 6.24. The predicted octanol–water partition coefficient (Wildman–Crippen LogP) is 3.90. The topological polar surface area (TPSA) is 75.7 Å². The third-order valence-electron chi connectivity index (χ3n) is 4.84. The number of anilines is 1. The number of methoxy groups -OCH3 is 1. The summed E-state index contributed by atoms with van der Waals surface area (Å²) in [6, 6.07) is 3.83. The standard InChI is InChI=1S/C20H29ClN2O4S/c1-4-17(20(24)22-13-12-15-8-6-5-7-9-15)23(28(3,25)26)18-14-16(21)10-11-19(18)27-2/h8,10-11,14,17H,4-7,9,12-13H2,1-3H3,(H,22,24). The molecular formula is C20H29ClN2O4S. The molecule has 0 bridgehead atoms. The maximum atomic E-state index is 12.9. The van der Waals surface area contributed by atoms with E-state index < -0.39 is 16.1 Å². The summed E-state index contributed by atoms with van der Waals surface area (Å²) in [6.07, 6.45) is 9.01. The van der Waals surface area contributed by atoms with Crippen molar-refractivity contribution in [3.05, 3.63) is 34.9 Å². The molecule has 0 aliphatic heterocycles. The summed E-state index contributed by atoms with van der Waals surface area (Å²) in [5, 5.41) is 3.26. The summed E-state index contributed by atoms with van der Waals surface area (Å²) >= 11 is 6.08.